The van der Waals surface area contributed by atoms with E-state index in [1.807, 2.05) is 44.6 Å². The van der Waals surface area contributed by atoms with E-state index in [1.165, 1.54) is 38.5 Å². The highest BCUT2D eigenvalue weighted by molar-refractivity contribution is 5.98. The molecule has 1 fully saturated rings. The highest BCUT2D eigenvalue weighted by atomic mass is 16.1. The summed E-state index contributed by atoms with van der Waals surface area (Å²) in [7, 11) is 0. The second-order valence-electron chi connectivity index (χ2n) is 7.91. The molecular weight excluding hydrogens is 374 g/mol. The van der Waals surface area contributed by atoms with E-state index in [4.69, 9.17) is 4.98 Å². The first-order chi connectivity index (χ1) is 14.8. The zero-order chi connectivity index (χ0) is 20.9. The smallest absolute Gasteiger partial charge is 0.251 e. The maximum Gasteiger partial charge on any atom is 0.251 e. The van der Waals surface area contributed by atoms with Crippen molar-refractivity contribution in [3.8, 4) is 11.3 Å². The molecule has 6 nitrogen and oxygen atoms in total. The molecule has 3 heterocycles. The molecule has 30 heavy (non-hydrogen) atoms. The van der Waals surface area contributed by atoms with Crippen LogP contribution in [0.2, 0.25) is 0 Å². The fraction of sp³-hybridized carbons (Fsp3) is 0.458. The number of carbonyl (C=O) groups excluding carboxylic acids is 1. The lowest BCUT2D eigenvalue weighted by atomic mass is 10.0. The standard InChI is InChI=1S/C22H25N5O.C2H6/c28-22-18-8-7-16(11-17(18)13-26-22)19-14-25-20(21-23-9-10-27(19)21)24-12-15-5-3-1-2-4-6-15;1-2/h7-11,14-15H,1-6,12-13H2,(H,24,25)(H,26,28);1-2H3. The molecule has 2 aliphatic rings. The summed E-state index contributed by atoms with van der Waals surface area (Å²) in [4.78, 5) is 21.0. The van der Waals surface area contributed by atoms with Gasteiger partial charge in [-0.05, 0) is 36.5 Å². The normalized spacial score (nSPS) is 16.4. The molecule has 2 aromatic heterocycles. The Kier molecular flexibility index (Phi) is 6.31. The zero-order valence-corrected chi connectivity index (χ0v) is 17.9. The molecule has 1 aromatic carbocycles. The van der Waals surface area contributed by atoms with Gasteiger partial charge in [0.15, 0.2) is 11.5 Å². The number of anilines is 1. The van der Waals surface area contributed by atoms with Crippen molar-refractivity contribution < 1.29 is 4.79 Å². The molecule has 1 aliphatic heterocycles. The molecular formula is C24H31N5O. The lowest BCUT2D eigenvalue weighted by Crippen LogP contribution is -2.15. The Hall–Kier alpha value is -2.89. The van der Waals surface area contributed by atoms with Crippen molar-refractivity contribution in [3.05, 3.63) is 47.9 Å². The van der Waals surface area contributed by atoms with Gasteiger partial charge in [-0.3, -0.25) is 9.20 Å². The first-order valence-electron chi connectivity index (χ1n) is 11.3. The fourth-order valence-corrected chi connectivity index (χ4v) is 4.46. The van der Waals surface area contributed by atoms with Crippen LogP contribution in [-0.4, -0.2) is 26.8 Å². The van der Waals surface area contributed by atoms with Gasteiger partial charge in [-0.2, -0.15) is 0 Å². The summed E-state index contributed by atoms with van der Waals surface area (Å²) in [5.74, 6) is 1.57. The van der Waals surface area contributed by atoms with E-state index in [0.717, 1.165) is 46.3 Å². The minimum absolute atomic E-state index is 0.00511. The van der Waals surface area contributed by atoms with Crippen LogP contribution in [0.1, 0.15) is 68.3 Å². The highest BCUT2D eigenvalue weighted by Crippen LogP contribution is 2.28. The van der Waals surface area contributed by atoms with E-state index < -0.39 is 0 Å². The Morgan fingerprint density at radius 3 is 2.73 bits per heavy atom. The molecule has 5 rings (SSSR count). The SMILES string of the molecule is CC.O=C1NCc2cc(-c3cnc(NCC4CCCCCC4)c4nccn34)ccc21. The van der Waals surface area contributed by atoms with E-state index in [9.17, 15) is 4.79 Å². The maximum atomic E-state index is 11.8. The molecule has 0 radical (unpaired) electrons. The Labute approximate surface area is 178 Å². The Morgan fingerprint density at radius 1 is 1.13 bits per heavy atom. The summed E-state index contributed by atoms with van der Waals surface area (Å²) in [6, 6.07) is 5.95. The van der Waals surface area contributed by atoms with Crippen molar-refractivity contribution in [1.82, 2.24) is 19.7 Å². The molecule has 0 spiro atoms. The third kappa shape index (κ3) is 4.04. The number of nitrogens with one attached hydrogen (secondary N) is 2. The number of hydrogen-bond donors (Lipinski definition) is 2. The van der Waals surface area contributed by atoms with E-state index in [0.29, 0.717) is 6.54 Å². The first-order valence-corrected chi connectivity index (χ1v) is 11.3. The van der Waals surface area contributed by atoms with Gasteiger partial charge in [0.1, 0.15) is 0 Å². The van der Waals surface area contributed by atoms with Crippen LogP contribution in [-0.2, 0) is 6.54 Å². The Balaban J connectivity index is 0.00000106. The molecule has 0 saturated heterocycles. The quantitative estimate of drug-likeness (QED) is 0.596. The number of benzene rings is 1. The average Bonchev–Trinajstić information content (AvgIpc) is 3.33. The minimum atomic E-state index is 0.00511. The monoisotopic (exact) mass is 405 g/mol. The van der Waals surface area contributed by atoms with Gasteiger partial charge in [-0.15, -0.1) is 0 Å². The summed E-state index contributed by atoms with van der Waals surface area (Å²) >= 11 is 0. The van der Waals surface area contributed by atoms with Gasteiger partial charge in [0.25, 0.3) is 5.91 Å². The van der Waals surface area contributed by atoms with Crippen molar-refractivity contribution in [1.29, 1.82) is 0 Å². The van der Waals surface area contributed by atoms with Crippen LogP contribution >= 0.6 is 0 Å². The number of carbonyl (C=O) groups is 1. The second-order valence-corrected chi connectivity index (χ2v) is 7.91. The van der Waals surface area contributed by atoms with Gasteiger partial charge in [0.05, 0.1) is 11.9 Å². The van der Waals surface area contributed by atoms with Crippen LogP contribution < -0.4 is 10.6 Å². The summed E-state index contributed by atoms with van der Waals surface area (Å²) in [5.41, 5.74) is 4.67. The molecule has 2 N–H and O–H groups in total. The molecule has 0 atom stereocenters. The van der Waals surface area contributed by atoms with Gasteiger partial charge >= 0.3 is 0 Å². The second kappa shape index (κ2) is 9.28. The summed E-state index contributed by atoms with van der Waals surface area (Å²) in [6.45, 7) is 5.55. The number of amides is 1. The predicted octanol–water partition coefficient (Wildman–Crippen LogP) is 5.05. The number of aromatic nitrogens is 3. The van der Waals surface area contributed by atoms with Crippen molar-refractivity contribution in [3.63, 3.8) is 0 Å². The largest absolute Gasteiger partial charge is 0.367 e. The third-order valence-electron chi connectivity index (χ3n) is 6.05. The van der Waals surface area contributed by atoms with Crippen LogP contribution in [0.25, 0.3) is 16.9 Å². The number of fused-ring (bicyclic) bond motifs is 2. The topological polar surface area (TPSA) is 71.3 Å². The molecule has 0 bridgehead atoms. The molecule has 6 heteroatoms. The van der Waals surface area contributed by atoms with Gasteiger partial charge in [-0.25, -0.2) is 9.97 Å². The fourth-order valence-electron chi connectivity index (χ4n) is 4.46. The first kappa shape index (κ1) is 20.4. The van der Waals surface area contributed by atoms with Crippen molar-refractivity contribution in [2.75, 3.05) is 11.9 Å². The van der Waals surface area contributed by atoms with Gasteiger partial charge in [-0.1, -0.05) is 45.6 Å². The van der Waals surface area contributed by atoms with Crippen molar-refractivity contribution in [2.45, 2.75) is 58.9 Å². The third-order valence-corrected chi connectivity index (χ3v) is 6.05. The lowest BCUT2D eigenvalue weighted by molar-refractivity contribution is 0.0966. The lowest BCUT2D eigenvalue weighted by Gasteiger charge is -2.16. The van der Waals surface area contributed by atoms with Crippen molar-refractivity contribution in [2.24, 2.45) is 5.92 Å². The zero-order valence-electron chi connectivity index (χ0n) is 17.9. The molecule has 0 unspecified atom stereocenters. The van der Waals surface area contributed by atoms with Gasteiger partial charge in [0, 0.05) is 36.6 Å². The Morgan fingerprint density at radius 2 is 1.93 bits per heavy atom. The van der Waals surface area contributed by atoms with Crippen LogP contribution in [0.4, 0.5) is 5.82 Å². The van der Waals surface area contributed by atoms with Gasteiger partial charge < -0.3 is 10.6 Å². The summed E-state index contributed by atoms with van der Waals surface area (Å²) < 4.78 is 2.08. The molecule has 1 saturated carbocycles. The number of hydrogen-bond acceptors (Lipinski definition) is 4. The predicted molar refractivity (Wildman–Crippen MR) is 121 cm³/mol. The number of nitrogens with zero attached hydrogens (tertiary/aromatic N) is 3. The molecule has 158 valence electrons. The molecule has 1 amide bonds. The van der Waals surface area contributed by atoms with Crippen LogP contribution in [0, 0.1) is 5.92 Å². The summed E-state index contributed by atoms with van der Waals surface area (Å²) in [6.07, 6.45) is 13.7. The molecule has 1 aliphatic carbocycles. The number of imidazole rings is 1. The van der Waals surface area contributed by atoms with Crippen molar-refractivity contribution >= 4 is 17.4 Å². The minimum Gasteiger partial charge on any atom is -0.367 e. The summed E-state index contributed by atoms with van der Waals surface area (Å²) in [5, 5.41) is 6.42. The van der Waals surface area contributed by atoms with Crippen LogP contribution in [0.5, 0.6) is 0 Å². The van der Waals surface area contributed by atoms with E-state index in [2.05, 4.69) is 26.1 Å². The van der Waals surface area contributed by atoms with Crippen LogP contribution in [0.15, 0.2) is 36.8 Å². The van der Waals surface area contributed by atoms with E-state index in [-0.39, 0.29) is 5.91 Å². The number of rotatable bonds is 4. The van der Waals surface area contributed by atoms with E-state index >= 15 is 0 Å². The van der Waals surface area contributed by atoms with Crippen LogP contribution in [0.3, 0.4) is 0 Å². The maximum absolute atomic E-state index is 11.8. The highest BCUT2D eigenvalue weighted by Gasteiger charge is 2.20. The Bertz CT molecular complexity index is 1020. The van der Waals surface area contributed by atoms with E-state index in [1.54, 1.807) is 0 Å². The average molecular weight is 406 g/mol. The van der Waals surface area contributed by atoms with Gasteiger partial charge in [0.2, 0.25) is 0 Å². The molecule has 3 aromatic rings.